The fraction of sp³-hybridized carbons (Fsp3) is 0.686. The first-order valence-electron chi connectivity index (χ1n) is 16.1. The van der Waals surface area contributed by atoms with E-state index in [9.17, 15) is 50.8 Å². The van der Waals surface area contributed by atoms with Crippen LogP contribution < -0.4 is 4.74 Å². The average molecular weight is 663 g/mol. The number of phenolic OH excluding ortho intramolecular Hbond substituents is 1. The molecule has 1 saturated heterocycles. The van der Waals surface area contributed by atoms with Crippen LogP contribution in [0.4, 0.5) is 0 Å². The molecule has 1 aromatic rings. The van der Waals surface area contributed by atoms with Crippen molar-refractivity contribution in [3.8, 4) is 11.5 Å². The number of hydrogen-bond acceptors (Lipinski definition) is 12. The van der Waals surface area contributed by atoms with Crippen molar-refractivity contribution in [3.05, 3.63) is 41.0 Å². The van der Waals surface area contributed by atoms with Gasteiger partial charge in [0.2, 0.25) is 6.29 Å². The zero-order valence-corrected chi connectivity index (χ0v) is 28.0. The van der Waals surface area contributed by atoms with Crippen LogP contribution in [-0.2, 0) is 14.9 Å². The highest BCUT2D eigenvalue weighted by Gasteiger charge is 2.72. The molecule has 1 aliphatic heterocycles. The lowest BCUT2D eigenvalue weighted by molar-refractivity contribution is -0.277. The van der Waals surface area contributed by atoms with Gasteiger partial charge in [-0.1, -0.05) is 38.2 Å². The molecule has 47 heavy (non-hydrogen) atoms. The number of aliphatic hydroxyl groups is 8. The second-order valence-electron chi connectivity index (χ2n) is 15.5. The fourth-order valence-corrected chi connectivity index (χ4v) is 9.16. The first kappa shape index (κ1) is 35.9. The molecule has 0 spiro atoms. The summed E-state index contributed by atoms with van der Waals surface area (Å²) in [5, 5.41) is 96.5. The number of carbonyl (C=O) groups is 1. The van der Waals surface area contributed by atoms with Gasteiger partial charge in [0.25, 0.3) is 0 Å². The highest BCUT2D eigenvalue weighted by Crippen LogP contribution is 2.71. The summed E-state index contributed by atoms with van der Waals surface area (Å²) in [5.74, 6) is -2.03. The second-order valence-corrected chi connectivity index (χ2v) is 15.5. The van der Waals surface area contributed by atoms with Crippen molar-refractivity contribution in [2.24, 2.45) is 22.7 Å². The van der Waals surface area contributed by atoms with Crippen LogP contribution >= 0.6 is 0 Å². The number of rotatable bonds is 7. The minimum Gasteiger partial charge on any atom is -0.504 e. The lowest BCUT2D eigenvalue weighted by Crippen LogP contribution is -2.63. The molecule has 12 nitrogen and oxygen atoms in total. The predicted molar refractivity (Wildman–Crippen MR) is 169 cm³/mol. The van der Waals surface area contributed by atoms with E-state index in [4.69, 9.17) is 9.47 Å². The molecule has 0 radical (unpaired) electrons. The zero-order chi connectivity index (χ0) is 35.2. The van der Waals surface area contributed by atoms with Crippen LogP contribution in [0.15, 0.2) is 24.3 Å². The van der Waals surface area contributed by atoms with E-state index in [2.05, 4.69) is 0 Å². The molecule has 1 aromatic carbocycles. The van der Waals surface area contributed by atoms with Gasteiger partial charge in [-0.15, -0.1) is 0 Å². The van der Waals surface area contributed by atoms with Gasteiger partial charge in [-0.25, -0.2) is 0 Å². The summed E-state index contributed by atoms with van der Waals surface area (Å²) in [5.41, 5.74) is -4.55. The maximum absolute atomic E-state index is 14.6. The lowest BCUT2D eigenvalue weighted by atomic mass is 9.42. The maximum Gasteiger partial charge on any atom is 0.229 e. The van der Waals surface area contributed by atoms with Crippen molar-refractivity contribution in [2.45, 2.75) is 121 Å². The first-order valence-corrected chi connectivity index (χ1v) is 16.1. The third-order valence-electron chi connectivity index (χ3n) is 12.0. The van der Waals surface area contributed by atoms with Crippen molar-refractivity contribution in [1.29, 1.82) is 0 Å². The molecule has 0 amide bonds. The molecule has 5 rings (SSSR count). The van der Waals surface area contributed by atoms with Crippen LogP contribution in [-0.4, -0.2) is 112 Å². The number of ketones is 1. The average Bonchev–Trinajstić information content (AvgIpc) is 3.19. The molecule has 0 aromatic heterocycles. The van der Waals surface area contributed by atoms with Gasteiger partial charge < -0.3 is 55.4 Å². The molecule has 1 heterocycles. The third kappa shape index (κ3) is 5.28. The van der Waals surface area contributed by atoms with Gasteiger partial charge in [0.05, 0.1) is 29.3 Å². The van der Waals surface area contributed by atoms with Gasteiger partial charge in [-0.05, 0) is 75.0 Å². The Kier molecular flexibility index (Phi) is 8.86. The van der Waals surface area contributed by atoms with Crippen molar-refractivity contribution >= 4 is 11.9 Å². The number of Topliss-reactive ketones (excluding diaryl/α,β-unsaturated/α-hetero) is 1. The summed E-state index contributed by atoms with van der Waals surface area (Å²) in [6, 6.07) is 1.50. The van der Waals surface area contributed by atoms with E-state index < -0.39 is 88.8 Å². The van der Waals surface area contributed by atoms with E-state index in [0.717, 1.165) is 0 Å². The molecule has 4 aliphatic rings. The minimum atomic E-state index is -1.87. The molecule has 13 atom stereocenters. The Morgan fingerprint density at radius 2 is 1.70 bits per heavy atom. The zero-order valence-electron chi connectivity index (χ0n) is 28.0. The van der Waals surface area contributed by atoms with Gasteiger partial charge in [0.1, 0.15) is 36.3 Å². The Labute approximate surface area is 274 Å². The molecule has 3 fully saturated rings. The second kappa shape index (κ2) is 11.6. The fourth-order valence-electron chi connectivity index (χ4n) is 9.16. The Morgan fingerprint density at radius 3 is 2.30 bits per heavy atom. The molecule has 0 bridgehead atoms. The van der Waals surface area contributed by atoms with Crippen LogP contribution in [0.1, 0.15) is 71.1 Å². The summed E-state index contributed by atoms with van der Waals surface area (Å²) in [4.78, 5) is 14.6. The van der Waals surface area contributed by atoms with Crippen molar-refractivity contribution in [1.82, 2.24) is 0 Å². The van der Waals surface area contributed by atoms with Gasteiger partial charge in [-0.3, -0.25) is 4.79 Å². The summed E-state index contributed by atoms with van der Waals surface area (Å²) in [7, 11) is 0. The Balaban J connectivity index is 1.56. The van der Waals surface area contributed by atoms with Crippen LogP contribution in [0.5, 0.6) is 11.5 Å². The number of hydrogen-bond donors (Lipinski definition) is 9. The smallest absolute Gasteiger partial charge is 0.229 e. The van der Waals surface area contributed by atoms with Crippen LogP contribution in [0.2, 0.25) is 0 Å². The van der Waals surface area contributed by atoms with E-state index >= 15 is 0 Å². The monoisotopic (exact) mass is 662 g/mol. The summed E-state index contributed by atoms with van der Waals surface area (Å²) >= 11 is 0. The summed E-state index contributed by atoms with van der Waals surface area (Å²) < 4.78 is 11.4. The number of fused-ring (bicyclic) bond motifs is 5. The first-order chi connectivity index (χ1) is 21.6. The van der Waals surface area contributed by atoms with Gasteiger partial charge in [0.15, 0.2) is 11.5 Å². The molecule has 12 heteroatoms. The molecular formula is C35H50O12. The number of aliphatic hydroxyl groups excluding tert-OH is 6. The van der Waals surface area contributed by atoms with E-state index in [0.29, 0.717) is 16.7 Å². The molecular weight excluding hydrogens is 612 g/mol. The van der Waals surface area contributed by atoms with Crippen molar-refractivity contribution in [2.75, 3.05) is 6.61 Å². The van der Waals surface area contributed by atoms with E-state index in [-0.39, 0.29) is 30.1 Å². The normalized spacial score (nSPS) is 42.1. The van der Waals surface area contributed by atoms with Gasteiger partial charge >= 0.3 is 0 Å². The number of benzene rings is 1. The standard InChI is InChI=1S/C35H50O12/c1-16-17-8-9-22-32(4)13-19(37)29(35(7,45)23(38)10-11-31(2,3)44)33(32,5)14-24(39)34(22,6)18(17)12-20(25(16)40)46-30-28(43)27(42)26(41)21(15-36)47-30/h8-12,19,21-23,26-30,36-38,40-45H,13-15H2,1-7H3/b11-10+/t19-,21-,22+,23+,26-,27+,28-,29+,30-,32+,33-,34+,35+/m1/s1. The molecule has 9 N–H and O–H groups in total. The van der Waals surface area contributed by atoms with Crippen molar-refractivity contribution in [3.63, 3.8) is 0 Å². The number of aromatic hydroxyl groups is 1. The van der Waals surface area contributed by atoms with Gasteiger partial charge in [-0.2, -0.15) is 0 Å². The quantitative estimate of drug-likeness (QED) is 0.183. The Morgan fingerprint density at radius 1 is 1.06 bits per heavy atom. The molecule has 262 valence electrons. The van der Waals surface area contributed by atoms with Crippen LogP contribution in [0, 0.1) is 29.6 Å². The maximum atomic E-state index is 14.6. The van der Waals surface area contributed by atoms with Crippen molar-refractivity contribution < 1.29 is 60.2 Å². The van der Waals surface area contributed by atoms with Crippen LogP contribution in [0.25, 0.3) is 6.08 Å². The molecule has 2 saturated carbocycles. The van der Waals surface area contributed by atoms with Gasteiger partial charge in [0, 0.05) is 17.9 Å². The largest absolute Gasteiger partial charge is 0.504 e. The number of carbonyl (C=O) groups excluding carboxylic acids is 1. The highest BCUT2D eigenvalue weighted by atomic mass is 16.7. The molecule has 3 aliphatic carbocycles. The number of allylic oxidation sites excluding steroid dienone is 1. The Bertz CT molecular complexity index is 1460. The lowest BCUT2D eigenvalue weighted by Gasteiger charge is -2.60. The molecule has 0 unspecified atom stereocenters. The van der Waals surface area contributed by atoms with E-state index in [1.54, 1.807) is 13.8 Å². The highest BCUT2D eigenvalue weighted by molar-refractivity contribution is 5.95. The summed E-state index contributed by atoms with van der Waals surface area (Å²) in [6.07, 6.45) is -3.77. The van der Waals surface area contributed by atoms with E-state index in [1.807, 2.05) is 26.0 Å². The Hall–Kier alpha value is -2.39. The third-order valence-corrected chi connectivity index (χ3v) is 12.0. The number of ether oxygens (including phenoxy) is 2. The minimum absolute atomic E-state index is 0.0492. The SMILES string of the molecule is Cc1c(O)c(O[C@@H]2O[C@H](CO)[C@@H](O)[C@H](O)[C@H]2O)cc2c1C=C[C@@H]1[C@@]2(C)C(=O)C[C@]2(C)[C@@H]([C@@](C)(O)[C@@H](O)/C=C/C(C)(C)O)[C@H](O)C[C@@]12C. The van der Waals surface area contributed by atoms with E-state index in [1.165, 1.54) is 39.0 Å². The number of phenols is 1. The predicted octanol–water partition coefficient (Wildman–Crippen LogP) is 0.585. The van der Waals surface area contributed by atoms with Crippen LogP contribution in [0.3, 0.4) is 0 Å². The summed E-state index contributed by atoms with van der Waals surface area (Å²) in [6.45, 7) is 11.1. The topological polar surface area (TPSA) is 218 Å².